The van der Waals surface area contributed by atoms with Gasteiger partial charge in [0.05, 0.1) is 11.8 Å². The number of hydrogen-bond acceptors (Lipinski definition) is 3. The van der Waals surface area contributed by atoms with E-state index in [-0.39, 0.29) is 11.7 Å². The molecule has 0 radical (unpaired) electrons. The minimum Gasteiger partial charge on any atom is -0.484 e. The Bertz CT molecular complexity index is 620. The first-order chi connectivity index (χ1) is 9.85. The van der Waals surface area contributed by atoms with Gasteiger partial charge in [0.2, 0.25) is 0 Å². The third kappa shape index (κ3) is 4.23. The minimum absolute atomic E-state index is 0.0739. The molecule has 0 fully saturated rings. The summed E-state index contributed by atoms with van der Waals surface area (Å²) in [5.74, 6) is -0.282. The van der Waals surface area contributed by atoms with Crippen LogP contribution in [0.25, 0.3) is 0 Å². The number of aromatic amines is 1. The molecule has 0 unspecified atom stereocenters. The monoisotopic (exact) mass is 299 g/mol. The fraction of sp³-hybridized carbons (Fsp3) is 0.231. The number of H-pyrrole nitrogens is 1. The van der Waals surface area contributed by atoms with Crippen molar-refractivity contribution in [3.05, 3.63) is 41.7 Å². The van der Waals surface area contributed by atoms with Crippen molar-refractivity contribution in [1.82, 2.24) is 10.2 Å². The van der Waals surface area contributed by atoms with Crippen LogP contribution >= 0.6 is 0 Å². The van der Waals surface area contributed by atoms with Crippen molar-refractivity contribution in [2.45, 2.75) is 13.1 Å². The molecule has 0 bridgehead atoms. The molecule has 0 atom stereocenters. The maximum Gasteiger partial charge on any atom is 0.422 e. The maximum absolute atomic E-state index is 12.0. The Balaban J connectivity index is 1.96. The lowest BCUT2D eigenvalue weighted by Crippen LogP contribution is -2.19. The second-order valence-corrected chi connectivity index (χ2v) is 4.29. The molecule has 1 heterocycles. The van der Waals surface area contributed by atoms with E-state index >= 15 is 0 Å². The van der Waals surface area contributed by atoms with Crippen LogP contribution in [0.2, 0.25) is 0 Å². The zero-order valence-corrected chi connectivity index (χ0v) is 11.0. The van der Waals surface area contributed by atoms with Crippen molar-refractivity contribution >= 4 is 11.6 Å². The van der Waals surface area contributed by atoms with E-state index in [0.29, 0.717) is 16.9 Å². The maximum atomic E-state index is 12.0. The molecular weight excluding hydrogens is 287 g/mol. The van der Waals surface area contributed by atoms with Crippen LogP contribution in [0.15, 0.2) is 30.5 Å². The highest BCUT2D eigenvalue weighted by molar-refractivity contribution is 6.04. The van der Waals surface area contributed by atoms with Gasteiger partial charge in [-0.05, 0) is 31.2 Å². The highest BCUT2D eigenvalue weighted by atomic mass is 19.4. The lowest BCUT2D eigenvalue weighted by atomic mass is 10.2. The largest absolute Gasteiger partial charge is 0.484 e. The first kappa shape index (κ1) is 14.9. The van der Waals surface area contributed by atoms with Gasteiger partial charge in [-0.1, -0.05) is 0 Å². The van der Waals surface area contributed by atoms with Crippen LogP contribution in [0.5, 0.6) is 5.75 Å². The molecule has 1 aromatic carbocycles. The van der Waals surface area contributed by atoms with Crippen LogP contribution < -0.4 is 10.1 Å². The summed E-state index contributed by atoms with van der Waals surface area (Å²) in [5.41, 5.74) is 1.46. The highest BCUT2D eigenvalue weighted by Gasteiger charge is 2.28. The van der Waals surface area contributed by atoms with E-state index < -0.39 is 12.8 Å². The molecule has 2 rings (SSSR count). The quantitative estimate of drug-likeness (QED) is 0.912. The van der Waals surface area contributed by atoms with Gasteiger partial charge in [-0.3, -0.25) is 9.89 Å². The van der Waals surface area contributed by atoms with E-state index in [1.165, 1.54) is 30.5 Å². The second kappa shape index (κ2) is 5.86. The highest BCUT2D eigenvalue weighted by Crippen LogP contribution is 2.20. The van der Waals surface area contributed by atoms with Crippen molar-refractivity contribution in [2.75, 3.05) is 11.9 Å². The van der Waals surface area contributed by atoms with Crippen molar-refractivity contribution in [3.63, 3.8) is 0 Å². The number of alkyl halides is 3. The molecule has 0 saturated heterocycles. The first-order valence-corrected chi connectivity index (χ1v) is 5.96. The SMILES string of the molecule is Cc1[nH]ncc1C(=O)Nc1ccc(OCC(F)(F)F)cc1. The van der Waals surface area contributed by atoms with E-state index in [2.05, 4.69) is 20.3 Å². The molecule has 0 saturated carbocycles. The summed E-state index contributed by atoms with van der Waals surface area (Å²) in [7, 11) is 0. The van der Waals surface area contributed by atoms with Crippen LogP contribution in [0.1, 0.15) is 16.1 Å². The number of nitrogens with zero attached hydrogens (tertiary/aromatic N) is 1. The summed E-state index contributed by atoms with van der Waals surface area (Å²) in [5, 5.41) is 8.98. The molecule has 1 amide bonds. The molecule has 8 heteroatoms. The number of benzene rings is 1. The predicted molar refractivity (Wildman–Crippen MR) is 69.3 cm³/mol. The van der Waals surface area contributed by atoms with E-state index in [0.717, 1.165) is 0 Å². The molecule has 0 aliphatic rings. The fourth-order valence-corrected chi connectivity index (χ4v) is 1.58. The Morgan fingerprint density at radius 2 is 2.00 bits per heavy atom. The van der Waals surface area contributed by atoms with E-state index in [9.17, 15) is 18.0 Å². The normalized spacial score (nSPS) is 11.2. The fourth-order valence-electron chi connectivity index (χ4n) is 1.58. The third-order valence-corrected chi connectivity index (χ3v) is 2.59. The number of hydrogen-bond donors (Lipinski definition) is 2. The molecule has 1 aromatic heterocycles. The standard InChI is InChI=1S/C13H12F3N3O2/c1-8-11(6-17-19-8)12(20)18-9-2-4-10(5-3-9)21-7-13(14,15)16/h2-6H,7H2,1H3,(H,17,19)(H,18,20). The molecule has 0 aliphatic heterocycles. The number of aromatic nitrogens is 2. The number of nitrogens with one attached hydrogen (secondary N) is 2. The number of halogens is 3. The Morgan fingerprint density at radius 3 is 2.52 bits per heavy atom. The zero-order valence-electron chi connectivity index (χ0n) is 11.0. The average Bonchev–Trinajstić information content (AvgIpc) is 2.83. The molecular formula is C13H12F3N3O2. The number of anilines is 1. The van der Waals surface area contributed by atoms with Gasteiger partial charge in [0.1, 0.15) is 5.75 Å². The van der Waals surface area contributed by atoms with Gasteiger partial charge >= 0.3 is 6.18 Å². The molecule has 2 aromatic rings. The minimum atomic E-state index is -4.38. The van der Waals surface area contributed by atoms with Crippen LogP contribution in [0.4, 0.5) is 18.9 Å². The predicted octanol–water partition coefficient (Wildman–Crippen LogP) is 2.91. The molecule has 0 spiro atoms. The number of aryl methyl sites for hydroxylation is 1. The number of ether oxygens (including phenoxy) is 1. The number of carbonyl (C=O) groups is 1. The summed E-state index contributed by atoms with van der Waals surface area (Å²) < 4.78 is 40.6. The van der Waals surface area contributed by atoms with Crippen LogP contribution in [-0.2, 0) is 0 Å². The smallest absolute Gasteiger partial charge is 0.422 e. The van der Waals surface area contributed by atoms with E-state index in [1.807, 2.05) is 0 Å². The molecule has 2 N–H and O–H groups in total. The summed E-state index contributed by atoms with van der Waals surface area (Å²) in [6.07, 6.45) is -2.99. The molecule has 112 valence electrons. The van der Waals surface area contributed by atoms with Crippen LogP contribution in [0.3, 0.4) is 0 Å². The lowest BCUT2D eigenvalue weighted by Gasteiger charge is -2.10. The second-order valence-electron chi connectivity index (χ2n) is 4.29. The number of amides is 1. The van der Waals surface area contributed by atoms with Gasteiger partial charge in [0, 0.05) is 11.4 Å². The van der Waals surface area contributed by atoms with Crippen molar-refractivity contribution in [2.24, 2.45) is 0 Å². The lowest BCUT2D eigenvalue weighted by molar-refractivity contribution is -0.153. The van der Waals surface area contributed by atoms with Crippen molar-refractivity contribution in [3.8, 4) is 5.75 Å². The topological polar surface area (TPSA) is 67.0 Å². The van der Waals surface area contributed by atoms with Crippen molar-refractivity contribution < 1.29 is 22.7 Å². The van der Waals surface area contributed by atoms with Gasteiger partial charge in [-0.2, -0.15) is 18.3 Å². The third-order valence-electron chi connectivity index (χ3n) is 2.59. The zero-order chi connectivity index (χ0) is 15.5. The summed E-state index contributed by atoms with van der Waals surface area (Å²) in [6.45, 7) is 0.350. The molecule has 5 nitrogen and oxygen atoms in total. The average molecular weight is 299 g/mol. The Morgan fingerprint density at radius 1 is 1.33 bits per heavy atom. The summed E-state index contributed by atoms with van der Waals surface area (Å²) >= 11 is 0. The van der Waals surface area contributed by atoms with Gasteiger partial charge in [-0.25, -0.2) is 0 Å². The Kier molecular flexibility index (Phi) is 4.15. The van der Waals surface area contributed by atoms with Crippen LogP contribution in [-0.4, -0.2) is 28.9 Å². The Labute approximate surface area is 118 Å². The van der Waals surface area contributed by atoms with Gasteiger partial charge in [0.15, 0.2) is 6.61 Å². The number of carbonyl (C=O) groups excluding carboxylic acids is 1. The Hall–Kier alpha value is -2.51. The summed E-state index contributed by atoms with van der Waals surface area (Å²) in [6, 6.07) is 5.62. The van der Waals surface area contributed by atoms with E-state index in [4.69, 9.17) is 0 Å². The molecule has 0 aliphatic carbocycles. The molecule has 21 heavy (non-hydrogen) atoms. The van der Waals surface area contributed by atoms with Gasteiger partial charge < -0.3 is 10.1 Å². The van der Waals surface area contributed by atoms with Gasteiger partial charge in [0.25, 0.3) is 5.91 Å². The van der Waals surface area contributed by atoms with Gasteiger partial charge in [-0.15, -0.1) is 0 Å². The van der Waals surface area contributed by atoms with Crippen molar-refractivity contribution in [1.29, 1.82) is 0 Å². The van der Waals surface area contributed by atoms with E-state index in [1.54, 1.807) is 6.92 Å². The number of rotatable bonds is 4. The summed E-state index contributed by atoms with van der Waals surface area (Å²) in [4.78, 5) is 11.9. The first-order valence-electron chi connectivity index (χ1n) is 5.96. The van der Waals surface area contributed by atoms with Crippen LogP contribution in [0, 0.1) is 6.92 Å².